The summed E-state index contributed by atoms with van der Waals surface area (Å²) in [5.74, 6) is -0.120. The van der Waals surface area contributed by atoms with Crippen molar-refractivity contribution in [3.63, 3.8) is 0 Å². The van der Waals surface area contributed by atoms with Gasteiger partial charge in [0.1, 0.15) is 0 Å². The van der Waals surface area contributed by atoms with E-state index < -0.39 is 5.97 Å². The van der Waals surface area contributed by atoms with Crippen LogP contribution in [0.1, 0.15) is 11.1 Å². The number of pyridine rings is 1. The first-order chi connectivity index (χ1) is 9.33. The van der Waals surface area contributed by atoms with Crippen LogP contribution in [0, 0.1) is 0 Å². The molecular formula is C15H10N2O2. The molecule has 0 fully saturated rings. The standard InChI is InChI=1S/C15H10N2O2/c18-15-13(10-11-4-2-1-3-5-11)17-14(19-15)12-6-8-16-9-7-12/h1-10H/b13-10+. The lowest BCUT2D eigenvalue weighted by Gasteiger charge is -1.96. The molecule has 0 saturated heterocycles. The molecule has 0 radical (unpaired) electrons. The number of aromatic nitrogens is 1. The molecule has 0 N–H and O–H groups in total. The van der Waals surface area contributed by atoms with Crippen LogP contribution < -0.4 is 0 Å². The third-order valence-electron chi connectivity index (χ3n) is 2.65. The number of aliphatic imine (C=N–C) groups is 1. The lowest BCUT2D eigenvalue weighted by molar-refractivity contribution is -0.129. The summed E-state index contributed by atoms with van der Waals surface area (Å²) in [6.45, 7) is 0. The average Bonchev–Trinajstić information content (AvgIpc) is 2.82. The maximum Gasteiger partial charge on any atom is 0.363 e. The van der Waals surface area contributed by atoms with Gasteiger partial charge in [0.25, 0.3) is 0 Å². The zero-order valence-electron chi connectivity index (χ0n) is 9.98. The molecule has 4 nitrogen and oxygen atoms in total. The Balaban J connectivity index is 1.94. The minimum atomic E-state index is -0.435. The Morgan fingerprint density at radius 3 is 2.47 bits per heavy atom. The maximum atomic E-state index is 11.7. The fraction of sp³-hybridized carbons (Fsp3) is 0. The molecule has 2 heterocycles. The molecule has 1 aliphatic heterocycles. The van der Waals surface area contributed by atoms with Crippen LogP contribution >= 0.6 is 0 Å². The quantitative estimate of drug-likeness (QED) is 0.607. The smallest absolute Gasteiger partial charge is 0.363 e. The van der Waals surface area contributed by atoms with E-state index >= 15 is 0 Å². The molecule has 0 bridgehead atoms. The Hall–Kier alpha value is -2.75. The van der Waals surface area contributed by atoms with E-state index in [-0.39, 0.29) is 0 Å². The van der Waals surface area contributed by atoms with E-state index in [4.69, 9.17) is 4.74 Å². The summed E-state index contributed by atoms with van der Waals surface area (Å²) in [5.41, 5.74) is 1.95. The minimum absolute atomic E-state index is 0.304. The van der Waals surface area contributed by atoms with Gasteiger partial charge in [-0.15, -0.1) is 0 Å². The number of nitrogens with zero attached hydrogens (tertiary/aromatic N) is 2. The van der Waals surface area contributed by atoms with Gasteiger partial charge in [0, 0.05) is 18.0 Å². The summed E-state index contributed by atoms with van der Waals surface area (Å²) < 4.78 is 5.15. The molecule has 4 heteroatoms. The highest BCUT2D eigenvalue weighted by molar-refractivity contribution is 6.12. The van der Waals surface area contributed by atoms with E-state index in [0.29, 0.717) is 11.6 Å². The Labute approximate surface area is 110 Å². The molecule has 0 unspecified atom stereocenters. The van der Waals surface area contributed by atoms with Crippen LogP contribution in [0.5, 0.6) is 0 Å². The Morgan fingerprint density at radius 1 is 1.00 bits per heavy atom. The van der Waals surface area contributed by atoms with Gasteiger partial charge in [-0.25, -0.2) is 9.79 Å². The van der Waals surface area contributed by atoms with Crippen molar-refractivity contribution in [2.24, 2.45) is 4.99 Å². The van der Waals surface area contributed by atoms with Crippen molar-refractivity contribution in [2.75, 3.05) is 0 Å². The highest BCUT2D eigenvalue weighted by Gasteiger charge is 2.23. The molecule has 0 saturated carbocycles. The first kappa shape index (κ1) is 11.3. The van der Waals surface area contributed by atoms with Gasteiger partial charge in [0.2, 0.25) is 5.90 Å². The number of hydrogen-bond acceptors (Lipinski definition) is 4. The Morgan fingerprint density at radius 2 is 1.74 bits per heavy atom. The molecule has 3 rings (SSSR count). The normalized spacial score (nSPS) is 16.3. The summed E-state index contributed by atoms with van der Waals surface area (Å²) in [6.07, 6.45) is 4.96. The van der Waals surface area contributed by atoms with Crippen LogP contribution in [0.3, 0.4) is 0 Å². The first-order valence-electron chi connectivity index (χ1n) is 5.81. The van der Waals surface area contributed by atoms with Gasteiger partial charge in [-0.05, 0) is 23.8 Å². The minimum Gasteiger partial charge on any atom is -0.402 e. The van der Waals surface area contributed by atoms with Crippen molar-refractivity contribution in [3.8, 4) is 0 Å². The van der Waals surface area contributed by atoms with E-state index in [1.54, 1.807) is 30.6 Å². The molecule has 2 aromatic rings. The summed E-state index contributed by atoms with van der Waals surface area (Å²) in [4.78, 5) is 19.9. The number of cyclic esters (lactones) is 1. The largest absolute Gasteiger partial charge is 0.402 e. The number of carbonyl (C=O) groups is 1. The summed E-state index contributed by atoms with van der Waals surface area (Å²) in [6, 6.07) is 13.0. The van der Waals surface area contributed by atoms with Gasteiger partial charge in [0.15, 0.2) is 5.70 Å². The lowest BCUT2D eigenvalue weighted by Crippen LogP contribution is -2.05. The number of ether oxygens (including phenoxy) is 1. The maximum absolute atomic E-state index is 11.7. The molecule has 1 aromatic carbocycles. The van der Waals surface area contributed by atoms with E-state index in [2.05, 4.69) is 9.98 Å². The second-order valence-corrected chi connectivity index (χ2v) is 3.98. The number of benzene rings is 1. The molecule has 19 heavy (non-hydrogen) atoms. The number of esters is 1. The van der Waals surface area contributed by atoms with E-state index in [1.807, 2.05) is 30.3 Å². The van der Waals surface area contributed by atoms with Gasteiger partial charge in [-0.3, -0.25) is 4.98 Å². The lowest BCUT2D eigenvalue weighted by atomic mass is 10.2. The van der Waals surface area contributed by atoms with Crippen molar-refractivity contribution >= 4 is 17.9 Å². The fourth-order valence-electron chi connectivity index (χ4n) is 1.73. The van der Waals surface area contributed by atoms with Crippen molar-refractivity contribution in [3.05, 3.63) is 71.7 Å². The van der Waals surface area contributed by atoms with Crippen LogP contribution in [0.25, 0.3) is 6.08 Å². The molecular weight excluding hydrogens is 240 g/mol. The van der Waals surface area contributed by atoms with E-state index in [0.717, 1.165) is 11.1 Å². The second kappa shape index (κ2) is 4.86. The Bertz CT molecular complexity index is 661. The fourth-order valence-corrected chi connectivity index (χ4v) is 1.73. The first-order valence-corrected chi connectivity index (χ1v) is 5.81. The summed E-state index contributed by atoms with van der Waals surface area (Å²) in [7, 11) is 0. The predicted molar refractivity (Wildman–Crippen MR) is 71.3 cm³/mol. The number of hydrogen-bond donors (Lipinski definition) is 0. The van der Waals surface area contributed by atoms with Gasteiger partial charge < -0.3 is 4.74 Å². The van der Waals surface area contributed by atoms with Crippen molar-refractivity contribution in [1.82, 2.24) is 4.98 Å². The van der Waals surface area contributed by atoms with Crippen molar-refractivity contribution in [2.45, 2.75) is 0 Å². The highest BCUT2D eigenvalue weighted by Crippen LogP contribution is 2.18. The van der Waals surface area contributed by atoms with E-state index in [9.17, 15) is 4.79 Å². The van der Waals surface area contributed by atoms with Crippen LogP contribution in [0.2, 0.25) is 0 Å². The zero-order chi connectivity index (χ0) is 13.1. The van der Waals surface area contributed by atoms with Crippen LogP contribution in [0.4, 0.5) is 0 Å². The summed E-state index contributed by atoms with van der Waals surface area (Å²) >= 11 is 0. The molecule has 1 aromatic heterocycles. The molecule has 0 aliphatic carbocycles. The third-order valence-corrected chi connectivity index (χ3v) is 2.65. The van der Waals surface area contributed by atoms with Gasteiger partial charge in [0.05, 0.1) is 0 Å². The second-order valence-electron chi connectivity index (χ2n) is 3.98. The highest BCUT2D eigenvalue weighted by atomic mass is 16.6. The van der Waals surface area contributed by atoms with Crippen molar-refractivity contribution in [1.29, 1.82) is 0 Å². The predicted octanol–water partition coefficient (Wildman–Crippen LogP) is 2.43. The van der Waals surface area contributed by atoms with Crippen LogP contribution in [-0.4, -0.2) is 16.9 Å². The topological polar surface area (TPSA) is 51.5 Å². The summed E-state index contributed by atoms with van der Waals surface area (Å²) in [5, 5.41) is 0. The van der Waals surface area contributed by atoms with Crippen LogP contribution in [0.15, 0.2) is 65.5 Å². The van der Waals surface area contributed by atoms with Gasteiger partial charge in [-0.1, -0.05) is 30.3 Å². The van der Waals surface area contributed by atoms with Gasteiger partial charge in [-0.2, -0.15) is 0 Å². The molecule has 0 amide bonds. The zero-order valence-corrected chi connectivity index (χ0v) is 9.98. The van der Waals surface area contributed by atoms with Gasteiger partial charge >= 0.3 is 5.97 Å². The van der Waals surface area contributed by atoms with Crippen molar-refractivity contribution < 1.29 is 9.53 Å². The Kier molecular flexibility index (Phi) is 2.90. The van der Waals surface area contributed by atoms with E-state index in [1.165, 1.54) is 0 Å². The molecule has 92 valence electrons. The number of rotatable bonds is 2. The number of carbonyl (C=O) groups excluding carboxylic acids is 1. The molecule has 1 aliphatic rings. The average molecular weight is 250 g/mol. The van der Waals surface area contributed by atoms with Crippen LogP contribution in [-0.2, 0) is 9.53 Å². The monoisotopic (exact) mass is 250 g/mol. The SMILES string of the molecule is O=C1OC(c2ccncc2)=N/C1=C/c1ccccc1. The molecule has 0 atom stereocenters. The third kappa shape index (κ3) is 2.42. The molecule has 0 spiro atoms.